The number of benzene rings is 2. The molecule has 0 aromatic heterocycles. The lowest BCUT2D eigenvalue weighted by Gasteiger charge is -2.19. The van der Waals surface area contributed by atoms with Crippen LogP contribution in [0.4, 0.5) is 5.69 Å². The van der Waals surface area contributed by atoms with E-state index in [0.717, 1.165) is 19.8 Å². The fourth-order valence-corrected chi connectivity index (χ4v) is 3.96. The SMILES string of the molecule is CCc1cc(Br)ccc1NC(C)c1ccc(Br)cc1Br. The van der Waals surface area contributed by atoms with Crippen LogP contribution in [0, 0.1) is 0 Å². The van der Waals surface area contributed by atoms with Gasteiger partial charge in [-0.3, -0.25) is 0 Å². The Morgan fingerprint density at radius 1 is 1.00 bits per heavy atom. The third-order valence-electron chi connectivity index (χ3n) is 3.25. The topological polar surface area (TPSA) is 12.0 Å². The standard InChI is InChI=1S/C16H16Br3N/c1-3-11-8-12(17)5-7-16(11)20-10(2)14-6-4-13(18)9-15(14)19/h4-10,20H,3H2,1-2H3. The molecule has 2 rings (SSSR count). The van der Waals surface area contributed by atoms with E-state index in [1.54, 1.807) is 0 Å². The number of hydrogen-bond acceptors (Lipinski definition) is 1. The summed E-state index contributed by atoms with van der Waals surface area (Å²) in [6.07, 6.45) is 1.01. The maximum atomic E-state index is 3.63. The van der Waals surface area contributed by atoms with Crippen LogP contribution in [0.1, 0.15) is 31.0 Å². The normalized spacial score (nSPS) is 12.2. The van der Waals surface area contributed by atoms with Gasteiger partial charge in [-0.05, 0) is 54.8 Å². The van der Waals surface area contributed by atoms with Crippen LogP contribution in [0.15, 0.2) is 49.8 Å². The van der Waals surface area contributed by atoms with E-state index in [0.29, 0.717) is 0 Å². The molecule has 2 aromatic carbocycles. The molecule has 106 valence electrons. The second-order valence-corrected chi connectivity index (χ2v) is 7.37. The fourth-order valence-electron chi connectivity index (χ4n) is 2.16. The number of hydrogen-bond donors (Lipinski definition) is 1. The minimum Gasteiger partial charge on any atom is -0.378 e. The number of anilines is 1. The Labute approximate surface area is 145 Å². The molecule has 0 aliphatic heterocycles. The van der Waals surface area contributed by atoms with E-state index in [1.807, 2.05) is 0 Å². The minimum absolute atomic E-state index is 0.240. The highest BCUT2D eigenvalue weighted by Crippen LogP contribution is 2.30. The molecule has 20 heavy (non-hydrogen) atoms. The van der Waals surface area contributed by atoms with E-state index in [9.17, 15) is 0 Å². The van der Waals surface area contributed by atoms with Crippen molar-refractivity contribution < 1.29 is 0 Å². The van der Waals surface area contributed by atoms with Crippen molar-refractivity contribution in [3.63, 3.8) is 0 Å². The van der Waals surface area contributed by atoms with E-state index in [2.05, 4.69) is 103 Å². The van der Waals surface area contributed by atoms with E-state index < -0.39 is 0 Å². The van der Waals surface area contributed by atoms with Crippen molar-refractivity contribution in [2.75, 3.05) is 5.32 Å². The summed E-state index contributed by atoms with van der Waals surface area (Å²) < 4.78 is 3.32. The predicted molar refractivity (Wildman–Crippen MR) is 97.4 cm³/mol. The van der Waals surface area contributed by atoms with E-state index in [4.69, 9.17) is 0 Å². The van der Waals surface area contributed by atoms with Gasteiger partial charge in [0.2, 0.25) is 0 Å². The van der Waals surface area contributed by atoms with Gasteiger partial charge in [0.05, 0.1) is 0 Å². The minimum atomic E-state index is 0.240. The van der Waals surface area contributed by atoms with Gasteiger partial charge in [0.15, 0.2) is 0 Å². The lowest BCUT2D eigenvalue weighted by Crippen LogP contribution is -2.09. The summed E-state index contributed by atoms with van der Waals surface area (Å²) in [5.41, 5.74) is 3.76. The molecule has 0 bridgehead atoms. The van der Waals surface area contributed by atoms with Crippen LogP contribution in [0.5, 0.6) is 0 Å². The fraction of sp³-hybridized carbons (Fsp3) is 0.250. The summed E-state index contributed by atoms with van der Waals surface area (Å²) in [4.78, 5) is 0. The molecule has 0 spiro atoms. The van der Waals surface area contributed by atoms with Crippen LogP contribution >= 0.6 is 47.8 Å². The first-order valence-corrected chi connectivity index (χ1v) is 8.89. The van der Waals surface area contributed by atoms with E-state index in [-0.39, 0.29) is 6.04 Å². The van der Waals surface area contributed by atoms with Gasteiger partial charge in [-0.1, -0.05) is 60.8 Å². The zero-order valence-corrected chi connectivity index (χ0v) is 16.1. The van der Waals surface area contributed by atoms with Crippen LogP contribution in [0.25, 0.3) is 0 Å². The Morgan fingerprint density at radius 3 is 2.30 bits per heavy atom. The van der Waals surface area contributed by atoms with Crippen LogP contribution in [-0.4, -0.2) is 0 Å². The second-order valence-electron chi connectivity index (χ2n) is 4.69. The van der Waals surface area contributed by atoms with Crippen LogP contribution in [-0.2, 0) is 6.42 Å². The molecule has 0 amide bonds. The molecule has 0 aliphatic rings. The molecule has 1 atom stereocenters. The maximum Gasteiger partial charge on any atom is 0.0496 e. The zero-order chi connectivity index (χ0) is 14.7. The first-order chi connectivity index (χ1) is 9.51. The van der Waals surface area contributed by atoms with Crippen LogP contribution < -0.4 is 5.32 Å². The molecule has 0 aliphatic carbocycles. The Bertz CT molecular complexity index is 611. The number of nitrogens with one attached hydrogen (secondary N) is 1. The quantitative estimate of drug-likeness (QED) is 0.533. The largest absolute Gasteiger partial charge is 0.378 e. The zero-order valence-electron chi connectivity index (χ0n) is 11.4. The van der Waals surface area contributed by atoms with Crippen molar-refractivity contribution >= 4 is 53.5 Å². The molecule has 2 aromatic rings. The van der Waals surface area contributed by atoms with Gasteiger partial charge in [-0.15, -0.1) is 0 Å². The van der Waals surface area contributed by atoms with Crippen molar-refractivity contribution in [3.8, 4) is 0 Å². The summed E-state index contributed by atoms with van der Waals surface area (Å²) in [5.74, 6) is 0. The van der Waals surface area contributed by atoms with Crippen molar-refractivity contribution in [1.82, 2.24) is 0 Å². The van der Waals surface area contributed by atoms with Gasteiger partial charge in [-0.2, -0.15) is 0 Å². The molecule has 0 radical (unpaired) electrons. The Hall–Kier alpha value is -0.320. The Morgan fingerprint density at radius 2 is 1.65 bits per heavy atom. The molecular weight excluding hydrogens is 446 g/mol. The van der Waals surface area contributed by atoms with E-state index >= 15 is 0 Å². The summed E-state index contributed by atoms with van der Waals surface area (Å²) in [5, 5.41) is 3.60. The molecule has 0 fully saturated rings. The average molecular weight is 462 g/mol. The van der Waals surface area contributed by atoms with Crippen molar-refractivity contribution in [3.05, 3.63) is 60.9 Å². The summed E-state index contributed by atoms with van der Waals surface area (Å²) in [6.45, 7) is 4.35. The highest BCUT2D eigenvalue weighted by Gasteiger charge is 2.11. The van der Waals surface area contributed by atoms with Gasteiger partial charge in [0.1, 0.15) is 0 Å². The number of aryl methyl sites for hydroxylation is 1. The highest BCUT2D eigenvalue weighted by molar-refractivity contribution is 9.11. The molecule has 1 nitrogen and oxygen atoms in total. The molecule has 4 heteroatoms. The smallest absolute Gasteiger partial charge is 0.0496 e. The van der Waals surface area contributed by atoms with Gasteiger partial charge in [0.25, 0.3) is 0 Å². The molecular formula is C16H16Br3N. The average Bonchev–Trinajstić information content (AvgIpc) is 2.40. The molecule has 0 saturated carbocycles. The molecule has 0 heterocycles. The van der Waals surface area contributed by atoms with Gasteiger partial charge < -0.3 is 5.32 Å². The van der Waals surface area contributed by atoms with Crippen molar-refractivity contribution in [1.29, 1.82) is 0 Å². The molecule has 0 saturated heterocycles. The highest BCUT2D eigenvalue weighted by atomic mass is 79.9. The van der Waals surface area contributed by atoms with Crippen LogP contribution in [0.2, 0.25) is 0 Å². The monoisotopic (exact) mass is 459 g/mol. The molecule has 1 unspecified atom stereocenters. The molecule has 1 N–H and O–H groups in total. The summed E-state index contributed by atoms with van der Waals surface area (Å²) in [6, 6.07) is 12.9. The third kappa shape index (κ3) is 3.86. The first kappa shape index (κ1) is 16.1. The first-order valence-electron chi connectivity index (χ1n) is 6.51. The van der Waals surface area contributed by atoms with Crippen molar-refractivity contribution in [2.45, 2.75) is 26.3 Å². The summed E-state index contributed by atoms with van der Waals surface area (Å²) in [7, 11) is 0. The Balaban J connectivity index is 2.25. The second kappa shape index (κ2) is 7.10. The predicted octanol–water partition coefficient (Wildman–Crippen LogP) is 6.71. The lowest BCUT2D eigenvalue weighted by atomic mass is 10.1. The van der Waals surface area contributed by atoms with Crippen LogP contribution in [0.3, 0.4) is 0 Å². The third-order valence-corrected chi connectivity index (χ3v) is 4.92. The number of halogens is 3. The van der Waals surface area contributed by atoms with Gasteiger partial charge >= 0.3 is 0 Å². The lowest BCUT2D eigenvalue weighted by molar-refractivity contribution is 0.873. The Kier molecular flexibility index (Phi) is 5.70. The maximum absolute atomic E-state index is 3.63. The van der Waals surface area contributed by atoms with E-state index in [1.165, 1.54) is 16.8 Å². The van der Waals surface area contributed by atoms with Gasteiger partial charge in [-0.25, -0.2) is 0 Å². The van der Waals surface area contributed by atoms with Gasteiger partial charge in [0, 0.05) is 25.1 Å². The number of rotatable bonds is 4. The van der Waals surface area contributed by atoms with Crippen molar-refractivity contribution in [2.24, 2.45) is 0 Å². The summed E-state index contributed by atoms with van der Waals surface area (Å²) >= 11 is 10.6.